The van der Waals surface area contributed by atoms with E-state index in [0.29, 0.717) is 11.3 Å². The Kier molecular flexibility index (Phi) is 4.71. The highest BCUT2D eigenvalue weighted by atomic mass is 16.5. The van der Waals surface area contributed by atoms with E-state index in [1.165, 1.54) is 4.90 Å². The molecule has 0 spiro atoms. The third-order valence-electron chi connectivity index (χ3n) is 2.48. The number of nitrogens with zero attached hydrogens (tertiary/aromatic N) is 1. The van der Waals surface area contributed by atoms with Crippen LogP contribution < -0.4 is 5.73 Å². The van der Waals surface area contributed by atoms with Crippen LogP contribution in [0.25, 0.3) is 0 Å². The van der Waals surface area contributed by atoms with E-state index in [1.54, 1.807) is 26.2 Å². The Hall–Kier alpha value is -2.04. The third kappa shape index (κ3) is 3.76. The van der Waals surface area contributed by atoms with Gasteiger partial charge in [0.05, 0.1) is 12.0 Å². The summed E-state index contributed by atoms with van der Waals surface area (Å²) in [5.74, 6) is -0.581. The molecule has 2 N–H and O–H groups in total. The lowest BCUT2D eigenvalue weighted by molar-refractivity contribution is -0.129. The van der Waals surface area contributed by atoms with E-state index in [9.17, 15) is 9.59 Å². The first-order chi connectivity index (χ1) is 8.41. The summed E-state index contributed by atoms with van der Waals surface area (Å²) in [7, 11) is 3.31. The fraction of sp³-hybridized carbons (Fsp3) is 0.385. The van der Waals surface area contributed by atoms with Gasteiger partial charge in [-0.3, -0.25) is 4.79 Å². The van der Waals surface area contributed by atoms with Crippen LogP contribution in [0.15, 0.2) is 18.2 Å². The first-order valence-electron chi connectivity index (χ1n) is 5.65. The average molecular weight is 250 g/mol. The minimum Gasteiger partial charge on any atom is -0.461 e. The first kappa shape index (κ1) is 14.0. The van der Waals surface area contributed by atoms with Gasteiger partial charge in [0.15, 0.2) is 0 Å². The lowest BCUT2D eigenvalue weighted by Crippen LogP contribution is -2.23. The highest BCUT2D eigenvalue weighted by molar-refractivity contribution is 5.95. The van der Waals surface area contributed by atoms with Crippen LogP contribution in [0.1, 0.15) is 22.3 Å². The largest absolute Gasteiger partial charge is 0.461 e. The van der Waals surface area contributed by atoms with Crippen LogP contribution in [-0.2, 0) is 9.53 Å². The second-order valence-electron chi connectivity index (χ2n) is 4.26. The Labute approximate surface area is 107 Å². The van der Waals surface area contributed by atoms with Gasteiger partial charge in [0.2, 0.25) is 5.91 Å². The van der Waals surface area contributed by atoms with Crippen LogP contribution in [0.2, 0.25) is 0 Å². The molecule has 1 aromatic rings. The van der Waals surface area contributed by atoms with Crippen LogP contribution in [0, 0.1) is 6.92 Å². The summed E-state index contributed by atoms with van der Waals surface area (Å²) in [6.07, 6.45) is 0.171. The predicted octanol–water partition coefficient (Wildman–Crippen LogP) is 1.21. The summed E-state index contributed by atoms with van der Waals surface area (Å²) >= 11 is 0. The van der Waals surface area contributed by atoms with Crippen molar-refractivity contribution in [2.45, 2.75) is 13.3 Å². The Bertz CT molecular complexity index is 456. The minimum atomic E-state index is -0.497. The van der Waals surface area contributed by atoms with Gasteiger partial charge in [0, 0.05) is 19.8 Å². The van der Waals surface area contributed by atoms with Gasteiger partial charge in [-0.05, 0) is 19.1 Å². The number of esters is 1. The molecule has 1 aromatic carbocycles. The normalized spacial score (nSPS) is 9.94. The number of nitrogens with two attached hydrogens (primary N) is 1. The Morgan fingerprint density at radius 2 is 2.00 bits per heavy atom. The monoisotopic (exact) mass is 250 g/mol. The molecule has 0 heterocycles. The quantitative estimate of drug-likeness (QED) is 0.644. The van der Waals surface area contributed by atoms with E-state index in [2.05, 4.69) is 0 Å². The number of hydrogen-bond acceptors (Lipinski definition) is 4. The zero-order valence-corrected chi connectivity index (χ0v) is 10.9. The standard InChI is InChI=1S/C13H18N2O3/c1-9-4-5-11(14)10(8-9)13(17)18-7-6-12(16)15(2)3/h4-5,8H,6-7,14H2,1-3H3. The molecule has 18 heavy (non-hydrogen) atoms. The molecule has 0 aliphatic rings. The molecule has 0 saturated heterocycles. The zero-order valence-electron chi connectivity index (χ0n) is 10.9. The number of benzene rings is 1. The molecular weight excluding hydrogens is 232 g/mol. The highest BCUT2D eigenvalue weighted by Crippen LogP contribution is 2.14. The number of rotatable bonds is 4. The van der Waals surface area contributed by atoms with Crippen molar-refractivity contribution in [3.63, 3.8) is 0 Å². The SMILES string of the molecule is Cc1ccc(N)c(C(=O)OCCC(=O)N(C)C)c1. The second-order valence-corrected chi connectivity index (χ2v) is 4.26. The van der Waals surface area contributed by atoms with Crippen molar-refractivity contribution in [3.8, 4) is 0 Å². The van der Waals surface area contributed by atoms with Gasteiger partial charge in [0.1, 0.15) is 6.61 Å². The van der Waals surface area contributed by atoms with Crippen molar-refractivity contribution in [2.24, 2.45) is 0 Å². The van der Waals surface area contributed by atoms with E-state index in [1.807, 2.05) is 13.0 Å². The van der Waals surface area contributed by atoms with E-state index in [0.717, 1.165) is 5.56 Å². The van der Waals surface area contributed by atoms with Crippen LogP contribution in [0.5, 0.6) is 0 Å². The van der Waals surface area contributed by atoms with Gasteiger partial charge in [-0.15, -0.1) is 0 Å². The van der Waals surface area contributed by atoms with Gasteiger partial charge < -0.3 is 15.4 Å². The molecule has 0 bridgehead atoms. The number of aryl methyl sites for hydroxylation is 1. The van der Waals surface area contributed by atoms with Gasteiger partial charge >= 0.3 is 5.97 Å². The minimum absolute atomic E-state index is 0.0588. The molecule has 5 heteroatoms. The smallest absolute Gasteiger partial charge is 0.340 e. The topological polar surface area (TPSA) is 72.6 Å². The van der Waals surface area contributed by atoms with Crippen molar-refractivity contribution >= 4 is 17.6 Å². The van der Waals surface area contributed by atoms with Crippen LogP contribution in [0.4, 0.5) is 5.69 Å². The molecule has 0 unspecified atom stereocenters. The maximum atomic E-state index is 11.7. The molecule has 0 radical (unpaired) electrons. The molecule has 98 valence electrons. The summed E-state index contributed by atoms with van der Waals surface area (Å²) in [6, 6.07) is 5.16. The highest BCUT2D eigenvalue weighted by Gasteiger charge is 2.12. The van der Waals surface area contributed by atoms with Crippen LogP contribution in [-0.4, -0.2) is 37.5 Å². The summed E-state index contributed by atoms with van der Waals surface area (Å²) in [5, 5.41) is 0. The number of hydrogen-bond donors (Lipinski definition) is 1. The second kappa shape index (κ2) is 6.05. The number of ether oxygens (including phenoxy) is 1. The van der Waals surface area contributed by atoms with Crippen LogP contribution in [0.3, 0.4) is 0 Å². The molecule has 1 amide bonds. The Morgan fingerprint density at radius 3 is 2.61 bits per heavy atom. The molecular formula is C13H18N2O3. The maximum Gasteiger partial charge on any atom is 0.340 e. The van der Waals surface area contributed by atoms with Crippen molar-refractivity contribution in [1.82, 2.24) is 4.90 Å². The molecule has 0 fully saturated rings. The molecule has 0 aliphatic heterocycles. The van der Waals surface area contributed by atoms with Crippen LogP contribution >= 0.6 is 0 Å². The van der Waals surface area contributed by atoms with Crippen molar-refractivity contribution in [1.29, 1.82) is 0 Å². The van der Waals surface area contributed by atoms with Crippen molar-refractivity contribution in [3.05, 3.63) is 29.3 Å². The lowest BCUT2D eigenvalue weighted by Gasteiger charge is -2.11. The Balaban J connectivity index is 2.56. The lowest BCUT2D eigenvalue weighted by atomic mass is 10.1. The molecule has 5 nitrogen and oxygen atoms in total. The fourth-order valence-electron chi connectivity index (χ4n) is 1.38. The first-order valence-corrected chi connectivity index (χ1v) is 5.65. The fourth-order valence-corrected chi connectivity index (χ4v) is 1.38. The van der Waals surface area contributed by atoms with E-state index in [4.69, 9.17) is 10.5 Å². The summed E-state index contributed by atoms with van der Waals surface area (Å²) in [5.41, 5.74) is 7.34. The van der Waals surface area contributed by atoms with E-state index in [-0.39, 0.29) is 18.9 Å². The van der Waals surface area contributed by atoms with E-state index < -0.39 is 5.97 Å². The number of carbonyl (C=O) groups is 2. The number of carbonyl (C=O) groups excluding carboxylic acids is 2. The third-order valence-corrected chi connectivity index (χ3v) is 2.48. The van der Waals surface area contributed by atoms with Gasteiger partial charge in [-0.2, -0.15) is 0 Å². The molecule has 0 saturated carbocycles. The molecule has 0 aromatic heterocycles. The van der Waals surface area contributed by atoms with Crippen molar-refractivity contribution in [2.75, 3.05) is 26.4 Å². The van der Waals surface area contributed by atoms with E-state index >= 15 is 0 Å². The molecule has 0 aliphatic carbocycles. The Morgan fingerprint density at radius 1 is 1.33 bits per heavy atom. The average Bonchev–Trinajstić information content (AvgIpc) is 2.31. The molecule has 0 atom stereocenters. The maximum absolute atomic E-state index is 11.7. The van der Waals surface area contributed by atoms with Crippen molar-refractivity contribution < 1.29 is 14.3 Å². The number of nitrogen functional groups attached to an aromatic ring is 1. The van der Waals surface area contributed by atoms with Gasteiger partial charge in [-0.25, -0.2) is 4.79 Å². The predicted molar refractivity (Wildman–Crippen MR) is 69.2 cm³/mol. The van der Waals surface area contributed by atoms with Gasteiger partial charge in [-0.1, -0.05) is 11.6 Å². The number of anilines is 1. The molecule has 1 rings (SSSR count). The summed E-state index contributed by atoms with van der Waals surface area (Å²) in [6.45, 7) is 1.93. The van der Waals surface area contributed by atoms with Gasteiger partial charge in [0.25, 0.3) is 0 Å². The summed E-state index contributed by atoms with van der Waals surface area (Å²) < 4.78 is 5.02. The number of amides is 1. The summed E-state index contributed by atoms with van der Waals surface area (Å²) in [4.78, 5) is 24.5. The zero-order chi connectivity index (χ0) is 13.7.